The predicted octanol–water partition coefficient (Wildman–Crippen LogP) is 1.25. The van der Waals surface area contributed by atoms with Crippen molar-refractivity contribution < 1.29 is 24.5 Å². The van der Waals surface area contributed by atoms with Gasteiger partial charge in [0.15, 0.2) is 0 Å². The number of hydrogen-bond donors (Lipinski definition) is 2. The Morgan fingerprint density at radius 1 is 1.21 bits per heavy atom. The fraction of sp³-hybridized carbons (Fsp3) is 0.556. The van der Waals surface area contributed by atoms with Crippen LogP contribution >= 0.6 is 0 Å². The van der Waals surface area contributed by atoms with Crippen LogP contribution in [-0.2, 0) is 14.3 Å². The van der Waals surface area contributed by atoms with Crippen molar-refractivity contribution in [3.05, 3.63) is 11.3 Å². The zero-order valence-corrected chi connectivity index (χ0v) is 8.24. The maximum absolute atomic E-state index is 10.7. The van der Waals surface area contributed by atoms with Gasteiger partial charge in [0, 0.05) is 0 Å². The van der Waals surface area contributed by atoms with Gasteiger partial charge in [0.25, 0.3) is 0 Å². The average Bonchev–Trinajstić information content (AvgIpc) is 2.10. The molecule has 0 aromatic carbocycles. The Hall–Kier alpha value is -1.52. The molecular weight excluding hydrogens is 188 g/mol. The van der Waals surface area contributed by atoms with Gasteiger partial charge >= 0.3 is 11.9 Å². The quantitative estimate of drug-likeness (QED) is 0.500. The van der Waals surface area contributed by atoms with E-state index in [1.54, 1.807) is 0 Å². The van der Waals surface area contributed by atoms with Gasteiger partial charge in [-0.2, -0.15) is 0 Å². The number of hydrogen-bond acceptors (Lipinski definition) is 3. The highest BCUT2D eigenvalue weighted by atomic mass is 16.5. The molecule has 0 amide bonds. The van der Waals surface area contributed by atoms with E-state index in [1.807, 2.05) is 6.92 Å². The second-order valence-electron chi connectivity index (χ2n) is 2.73. The smallest absolute Gasteiger partial charge is 0.371 e. The second-order valence-corrected chi connectivity index (χ2v) is 2.73. The van der Waals surface area contributed by atoms with Gasteiger partial charge in [0.05, 0.1) is 12.7 Å². The molecule has 0 atom stereocenters. The molecule has 0 aliphatic heterocycles. The molecule has 0 aliphatic rings. The van der Waals surface area contributed by atoms with Crippen molar-refractivity contribution in [2.24, 2.45) is 0 Å². The van der Waals surface area contributed by atoms with Crippen LogP contribution in [0.4, 0.5) is 0 Å². The van der Waals surface area contributed by atoms with Crippen LogP contribution in [0.3, 0.4) is 0 Å². The molecule has 80 valence electrons. The standard InChI is InChI=1S/C9H14O5/c1-3-4-5-6(8(10)11)7(14-2)9(12)13/h3-5H2,1-2H3,(H,10,11)(H,12,13)/b7-6+. The van der Waals surface area contributed by atoms with E-state index in [0.29, 0.717) is 6.42 Å². The second kappa shape index (κ2) is 6.01. The molecule has 0 rings (SSSR count). The molecular formula is C9H14O5. The van der Waals surface area contributed by atoms with Crippen LogP contribution in [0.2, 0.25) is 0 Å². The molecule has 0 bridgehead atoms. The first-order chi connectivity index (χ1) is 6.54. The zero-order chi connectivity index (χ0) is 11.1. The lowest BCUT2D eigenvalue weighted by molar-refractivity contribution is -0.139. The van der Waals surface area contributed by atoms with Crippen molar-refractivity contribution in [1.29, 1.82) is 0 Å². The number of aliphatic carboxylic acids is 2. The van der Waals surface area contributed by atoms with E-state index < -0.39 is 17.7 Å². The molecule has 0 aromatic rings. The van der Waals surface area contributed by atoms with Crippen LogP contribution < -0.4 is 0 Å². The van der Waals surface area contributed by atoms with Crippen LogP contribution in [0.5, 0.6) is 0 Å². The molecule has 5 heteroatoms. The van der Waals surface area contributed by atoms with Gasteiger partial charge in [0.2, 0.25) is 5.76 Å². The summed E-state index contributed by atoms with van der Waals surface area (Å²) in [6.45, 7) is 1.90. The number of unbranched alkanes of at least 4 members (excludes halogenated alkanes) is 1. The first-order valence-electron chi connectivity index (χ1n) is 4.28. The van der Waals surface area contributed by atoms with Gasteiger partial charge in [0.1, 0.15) is 0 Å². The number of ether oxygens (including phenoxy) is 1. The molecule has 0 radical (unpaired) electrons. The number of rotatable bonds is 6. The van der Waals surface area contributed by atoms with Gasteiger partial charge in [-0.3, -0.25) is 0 Å². The number of carboxylic acid groups (broad SMARTS) is 2. The van der Waals surface area contributed by atoms with Crippen LogP contribution in [0.1, 0.15) is 26.2 Å². The predicted molar refractivity (Wildman–Crippen MR) is 48.8 cm³/mol. The van der Waals surface area contributed by atoms with E-state index >= 15 is 0 Å². The maximum atomic E-state index is 10.7. The van der Waals surface area contributed by atoms with Crippen molar-refractivity contribution in [3.63, 3.8) is 0 Å². The van der Waals surface area contributed by atoms with Crippen molar-refractivity contribution >= 4 is 11.9 Å². The number of carbonyl (C=O) groups is 2. The van der Waals surface area contributed by atoms with Gasteiger partial charge in [-0.25, -0.2) is 9.59 Å². The Balaban J connectivity index is 4.89. The third-order valence-electron chi connectivity index (χ3n) is 1.71. The summed E-state index contributed by atoms with van der Waals surface area (Å²) in [5.74, 6) is -3.07. The SMILES string of the molecule is CCCC/C(C(=O)O)=C(\OC)C(=O)O. The summed E-state index contributed by atoms with van der Waals surface area (Å²) in [4.78, 5) is 21.3. The fourth-order valence-corrected chi connectivity index (χ4v) is 1.01. The van der Waals surface area contributed by atoms with E-state index in [4.69, 9.17) is 10.2 Å². The highest BCUT2D eigenvalue weighted by molar-refractivity contribution is 5.97. The largest absolute Gasteiger partial charge is 0.489 e. The molecule has 0 aliphatic carbocycles. The van der Waals surface area contributed by atoms with Crippen molar-refractivity contribution in [2.75, 3.05) is 7.11 Å². The monoisotopic (exact) mass is 202 g/mol. The van der Waals surface area contributed by atoms with Gasteiger partial charge < -0.3 is 14.9 Å². The lowest BCUT2D eigenvalue weighted by Crippen LogP contribution is -2.12. The first-order valence-corrected chi connectivity index (χ1v) is 4.28. The average molecular weight is 202 g/mol. The van der Waals surface area contributed by atoms with Gasteiger partial charge in [-0.15, -0.1) is 0 Å². The molecule has 5 nitrogen and oxygen atoms in total. The van der Waals surface area contributed by atoms with Crippen molar-refractivity contribution in [3.8, 4) is 0 Å². The van der Waals surface area contributed by atoms with Crippen LogP contribution in [0.25, 0.3) is 0 Å². The number of carboxylic acids is 2. The Bertz CT molecular complexity index is 254. The van der Waals surface area contributed by atoms with E-state index in [2.05, 4.69) is 4.74 Å². The molecule has 0 heterocycles. The van der Waals surface area contributed by atoms with Gasteiger partial charge in [-0.05, 0) is 12.8 Å². The van der Waals surface area contributed by atoms with E-state index in [9.17, 15) is 9.59 Å². The number of methoxy groups -OCH3 is 1. The minimum Gasteiger partial charge on any atom is -0.489 e. The van der Waals surface area contributed by atoms with Gasteiger partial charge in [-0.1, -0.05) is 13.3 Å². The third-order valence-corrected chi connectivity index (χ3v) is 1.71. The summed E-state index contributed by atoms with van der Waals surface area (Å²) in [5.41, 5.74) is -0.179. The van der Waals surface area contributed by atoms with E-state index in [0.717, 1.165) is 13.5 Å². The fourth-order valence-electron chi connectivity index (χ4n) is 1.01. The normalized spacial score (nSPS) is 11.9. The Morgan fingerprint density at radius 3 is 2.07 bits per heavy atom. The van der Waals surface area contributed by atoms with Crippen LogP contribution in [-0.4, -0.2) is 29.3 Å². The minimum atomic E-state index is -1.35. The Labute approximate surface area is 82.0 Å². The van der Waals surface area contributed by atoms with Crippen molar-refractivity contribution in [1.82, 2.24) is 0 Å². The minimum absolute atomic E-state index is 0.179. The summed E-state index contributed by atoms with van der Waals surface area (Å²) in [7, 11) is 1.15. The molecule has 0 saturated heterocycles. The third kappa shape index (κ3) is 3.47. The van der Waals surface area contributed by atoms with Crippen LogP contribution in [0.15, 0.2) is 11.3 Å². The van der Waals surface area contributed by atoms with Crippen LogP contribution in [0, 0.1) is 0 Å². The molecule has 2 N–H and O–H groups in total. The topological polar surface area (TPSA) is 83.8 Å². The first kappa shape index (κ1) is 12.5. The highest BCUT2D eigenvalue weighted by Gasteiger charge is 2.20. The molecule has 14 heavy (non-hydrogen) atoms. The van der Waals surface area contributed by atoms with E-state index in [1.165, 1.54) is 0 Å². The summed E-state index contributed by atoms with van der Waals surface area (Å²) < 4.78 is 4.53. The lowest BCUT2D eigenvalue weighted by Gasteiger charge is -2.06. The molecule has 0 fully saturated rings. The maximum Gasteiger partial charge on any atom is 0.371 e. The Kier molecular flexibility index (Phi) is 5.36. The van der Waals surface area contributed by atoms with E-state index in [-0.39, 0.29) is 12.0 Å². The molecule has 0 spiro atoms. The lowest BCUT2D eigenvalue weighted by atomic mass is 10.1. The summed E-state index contributed by atoms with van der Waals surface area (Å²) in [5, 5.41) is 17.4. The summed E-state index contributed by atoms with van der Waals surface area (Å²) in [6, 6.07) is 0. The highest BCUT2D eigenvalue weighted by Crippen LogP contribution is 2.14. The molecule has 0 aromatic heterocycles. The molecule has 0 unspecified atom stereocenters. The zero-order valence-electron chi connectivity index (χ0n) is 8.24. The summed E-state index contributed by atoms with van der Waals surface area (Å²) >= 11 is 0. The molecule has 0 saturated carbocycles. The van der Waals surface area contributed by atoms with Crippen molar-refractivity contribution in [2.45, 2.75) is 26.2 Å². The summed E-state index contributed by atoms with van der Waals surface area (Å²) in [6.07, 6.45) is 1.64. The Morgan fingerprint density at radius 2 is 1.79 bits per heavy atom.